The Morgan fingerprint density at radius 2 is 1.47 bits per heavy atom. The van der Waals surface area contributed by atoms with Gasteiger partial charge in [0.25, 0.3) is 0 Å². The normalized spacial score (nSPS) is 11.6. The maximum absolute atomic E-state index is 13.5. The van der Waals surface area contributed by atoms with E-state index in [1.807, 2.05) is 61.5 Å². The Labute approximate surface area is 207 Å². The molecule has 0 saturated heterocycles. The molecule has 1 N–H and O–H groups in total. The van der Waals surface area contributed by atoms with Crippen molar-refractivity contribution in [2.45, 2.75) is 45.5 Å². The summed E-state index contributed by atoms with van der Waals surface area (Å²) < 4.78 is 0. The van der Waals surface area contributed by atoms with Crippen LogP contribution in [0.4, 0.5) is 0 Å². The van der Waals surface area contributed by atoms with Gasteiger partial charge in [0.15, 0.2) is 0 Å². The fourth-order valence-electron chi connectivity index (χ4n) is 4.10. The highest BCUT2D eigenvalue weighted by Crippen LogP contribution is 2.20. The van der Waals surface area contributed by atoms with Gasteiger partial charge in [-0.05, 0) is 37.5 Å². The zero-order valence-electron chi connectivity index (χ0n) is 20.5. The zero-order chi connectivity index (χ0) is 24.5. The highest BCUT2D eigenvalue weighted by Gasteiger charge is 2.29. The number of amides is 2. The van der Waals surface area contributed by atoms with E-state index < -0.39 is 6.04 Å². The van der Waals surface area contributed by atoms with Crippen LogP contribution in [0.1, 0.15) is 33.4 Å². The molecule has 0 bridgehead atoms. The Hall–Kier alpha value is -3.05. The fraction of sp³-hybridized carbons (Fsp3) is 0.310. The van der Waals surface area contributed by atoms with Gasteiger partial charge in [-0.3, -0.25) is 9.59 Å². The largest absolute Gasteiger partial charge is 0.357 e. The number of nitrogens with one attached hydrogen (secondary N) is 1. The van der Waals surface area contributed by atoms with Gasteiger partial charge in [-0.1, -0.05) is 89.5 Å². The second-order valence-electron chi connectivity index (χ2n) is 8.82. The van der Waals surface area contributed by atoms with E-state index in [1.165, 1.54) is 16.7 Å². The second-order valence-corrected chi connectivity index (χ2v) is 9.80. The van der Waals surface area contributed by atoms with Crippen LogP contribution in [0.15, 0.2) is 72.8 Å². The van der Waals surface area contributed by atoms with E-state index in [1.54, 1.807) is 23.7 Å². The Bertz CT molecular complexity index is 1080. The van der Waals surface area contributed by atoms with Crippen molar-refractivity contribution in [2.75, 3.05) is 12.8 Å². The highest BCUT2D eigenvalue weighted by molar-refractivity contribution is 7.99. The third-order valence-electron chi connectivity index (χ3n) is 5.77. The molecule has 0 fully saturated rings. The molecular weight excluding hydrogens is 440 g/mol. The van der Waals surface area contributed by atoms with Crippen molar-refractivity contribution in [1.29, 1.82) is 0 Å². The second kappa shape index (κ2) is 12.4. The van der Waals surface area contributed by atoms with Crippen molar-refractivity contribution in [3.05, 3.63) is 106 Å². The number of thioether (sulfide) groups is 1. The van der Waals surface area contributed by atoms with E-state index >= 15 is 0 Å². The molecule has 2 amide bonds. The molecule has 34 heavy (non-hydrogen) atoms. The van der Waals surface area contributed by atoms with Crippen LogP contribution in [0.2, 0.25) is 0 Å². The lowest BCUT2D eigenvalue weighted by atomic mass is 10.0. The van der Waals surface area contributed by atoms with E-state index in [0.29, 0.717) is 18.7 Å². The predicted molar refractivity (Wildman–Crippen MR) is 142 cm³/mol. The van der Waals surface area contributed by atoms with Gasteiger partial charge < -0.3 is 10.2 Å². The average molecular weight is 475 g/mol. The summed E-state index contributed by atoms with van der Waals surface area (Å²) in [6, 6.07) is 23.9. The molecular formula is C29H34N2O2S. The number of rotatable bonds is 10. The van der Waals surface area contributed by atoms with Gasteiger partial charge in [-0.2, -0.15) is 0 Å². The van der Waals surface area contributed by atoms with Gasteiger partial charge in [0, 0.05) is 25.8 Å². The van der Waals surface area contributed by atoms with Crippen LogP contribution < -0.4 is 5.32 Å². The van der Waals surface area contributed by atoms with E-state index in [-0.39, 0.29) is 11.8 Å². The van der Waals surface area contributed by atoms with E-state index in [0.717, 1.165) is 22.4 Å². The summed E-state index contributed by atoms with van der Waals surface area (Å²) in [5, 5.41) is 2.77. The zero-order valence-corrected chi connectivity index (χ0v) is 21.3. The van der Waals surface area contributed by atoms with Crippen LogP contribution in [0, 0.1) is 20.8 Å². The fourth-order valence-corrected chi connectivity index (χ4v) is 4.95. The summed E-state index contributed by atoms with van der Waals surface area (Å²) in [4.78, 5) is 28.2. The minimum absolute atomic E-state index is 0.0283. The van der Waals surface area contributed by atoms with Crippen LogP contribution in [-0.4, -0.2) is 35.6 Å². The molecule has 0 saturated carbocycles. The van der Waals surface area contributed by atoms with Gasteiger partial charge in [0.2, 0.25) is 11.8 Å². The molecule has 3 aromatic rings. The number of carbonyl (C=O) groups excluding carboxylic acids is 2. The van der Waals surface area contributed by atoms with Crippen molar-refractivity contribution in [3.63, 3.8) is 0 Å². The topological polar surface area (TPSA) is 49.4 Å². The molecule has 5 heteroatoms. The van der Waals surface area contributed by atoms with E-state index in [4.69, 9.17) is 0 Å². The Morgan fingerprint density at radius 3 is 2.09 bits per heavy atom. The van der Waals surface area contributed by atoms with Crippen LogP contribution in [0.25, 0.3) is 0 Å². The third-order valence-corrected chi connectivity index (χ3v) is 6.76. The van der Waals surface area contributed by atoms with E-state index in [2.05, 4.69) is 37.4 Å². The summed E-state index contributed by atoms with van der Waals surface area (Å²) in [5.41, 5.74) is 6.88. The molecule has 0 radical (unpaired) electrons. The summed E-state index contributed by atoms with van der Waals surface area (Å²) in [5.74, 6) is 0.903. The van der Waals surface area contributed by atoms with Crippen molar-refractivity contribution >= 4 is 23.6 Å². The van der Waals surface area contributed by atoms with Crippen molar-refractivity contribution in [2.24, 2.45) is 0 Å². The lowest BCUT2D eigenvalue weighted by molar-refractivity contribution is -0.139. The standard InChI is InChI=1S/C29H34N2O2S/c1-21-10-12-25(13-11-21)18-31(27(29(33)30-4)17-24-8-6-5-7-9-24)28(32)20-34-19-26-15-22(2)14-23(3)16-26/h5-16,27H,17-20H2,1-4H3,(H,30,33)/t27-/m1/s1. The predicted octanol–water partition coefficient (Wildman–Crippen LogP) is 5.23. The highest BCUT2D eigenvalue weighted by atomic mass is 32.2. The number of benzene rings is 3. The van der Waals surface area contributed by atoms with Gasteiger partial charge in [-0.25, -0.2) is 0 Å². The minimum Gasteiger partial charge on any atom is -0.357 e. The average Bonchev–Trinajstić information content (AvgIpc) is 2.82. The van der Waals surface area contributed by atoms with Gasteiger partial charge in [0.05, 0.1) is 5.75 Å². The SMILES string of the molecule is CNC(=O)[C@@H](Cc1ccccc1)N(Cc1ccc(C)cc1)C(=O)CSCc1cc(C)cc(C)c1. The number of hydrogen-bond acceptors (Lipinski definition) is 3. The number of likely N-dealkylation sites (N-methyl/N-ethyl adjacent to an activating group) is 1. The summed E-state index contributed by atoms with van der Waals surface area (Å²) >= 11 is 1.59. The Balaban J connectivity index is 1.80. The molecule has 0 aliphatic rings. The summed E-state index contributed by atoms with van der Waals surface area (Å²) in [6.07, 6.45) is 0.472. The van der Waals surface area contributed by atoms with Gasteiger partial charge >= 0.3 is 0 Å². The molecule has 4 nitrogen and oxygen atoms in total. The lowest BCUT2D eigenvalue weighted by Gasteiger charge is -2.31. The maximum Gasteiger partial charge on any atom is 0.242 e. The molecule has 0 spiro atoms. The monoisotopic (exact) mass is 474 g/mol. The minimum atomic E-state index is -0.581. The molecule has 0 unspecified atom stereocenters. The molecule has 0 aliphatic heterocycles. The first-order valence-corrected chi connectivity index (χ1v) is 12.8. The quantitative estimate of drug-likeness (QED) is 0.438. The van der Waals surface area contributed by atoms with Crippen molar-refractivity contribution < 1.29 is 9.59 Å². The first-order chi connectivity index (χ1) is 16.4. The number of nitrogens with zero attached hydrogens (tertiary/aromatic N) is 1. The lowest BCUT2D eigenvalue weighted by Crippen LogP contribution is -2.50. The van der Waals surface area contributed by atoms with E-state index in [9.17, 15) is 9.59 Å². The van der Waals surface area contributed by atoms with Crippen LogP contribution in [0.3, 0.4) is 0 Å². The number of hydrogen-bond donors (Lipinski definition) is 1. The Morgan fingerprint density at radius 1 is 0.824 bits per heavy atom. The third kappa shape index (κ3) is 7.49. The molecule has 1 atom stereocenters. The maximum atomic E-state index is 13.5. The van der Waals surface area contributed by atoms with Crippen molar-refractivity contribution in [3.8, 4) is 0 Å². The first-order valence-electron chi connectivity index (χ1n) is 11.6. The number of carbonyl (C=O) groups is 2. The molecule has 178 valence electrons. The van der Waals surface area contributed by atoms with Crippen LogP contribution in [0.5, 0.6) is 0 Å². The molecule has 3 rings (SSSR count). The molecule has 3 aromatic carbocycles. The Kier molecular flexibility index (Phi) is 9.34. The first kappa shape index (κ1) is 25.6. The molecule has 0 aromatic heterocycles. The number of aryl methyl sites for hydroxylation is 3. The summed E-state index contributed by atoms with van der Waals surface area (Å²) in [7, 11) is 1.63. The van der Waals surface area contributed by atoms with Crippen molar-refractivity contribution in [1.82, 2.24) is 10.2 Å². The molecule has 0 heterocycles. The summed E-state index contributed by atoms with van der Waals surface area (Å²) in [6.45, 7) is 6.62. The molecule has 0 aliphatic carbocycles. The van der Waals surface area contributed by atoms with Gasteiger partial charge in [-0.15, -0.1) is 11.8 Å². The van der Waals surface area contributed by atoms with Crippen LogP contribution in [-0.2, 0) is 28.3 Å². The smallest absolute Gasteiger partial charge is 0.242 e. The van der Waals surface area contributed by atoms with Crippen LogP contribution >= 0.6 is 11.8 Å². The van der Waals surface area contributed by atoms with Gasteiger partial charge in [0.1, 0.15) is 6.04 Å².